The van der Waals surface area contributed by atoms with Gasteiger partial charge in [-0.15, -0.1) is 11.3 Å². The van der Waals surface area contributed by atoms with Crippen molar-refractivity contribution in [1.29, 1.82) is 0 Å². The zero-order chi connectivity index (χ0) is 13.7. The Morgan fingerprint density at radius 2 is 2.17 bits per heavy atom. The molecule has 0 saturated carbocycles. The van der Waals surface area contributed by atoms with Crippen LogP contribution in [0.2, 0.25) is 0 Å². The van der Waals surface area contributed by atoms with Crippen molar-refractivity contribution < 1.29 is 14.7 Å². The van der Waals surface area contributed by atoms with E-state index in [4.69, 9.17) is 5.11 Å². The van der Waals surface area contributed by atoms with E-state index in [1.54, 1.807) is 14.0 Å². The van der Waals surface area contributed by atoms with E-state index < -0.39 is 5.97 Å². The van der Waals surface area contributed by atoms with Gasteiger partial charge in [-0.1, -0.05) is 6.92 Å². The van der Waals surface area contributed by atoms with Crippen molar-refractivity contribution in [2.24, 2.45) is 5.92 Å². The molecule has 1 aromatic rings. The highest BCUT2D eigenvalue weighted by molar-refractivity contribution is 7.09. The molecule has 0 aliphatic carbocycles. The third-order valence-corrected chi connectivity index (χ3v) is 3.46. The lowest BCUT2D eigenvalue weighted by atomic mass is 10.1. The van der Waals surface area contributed by atoms with Crippen LogP contribution in [0.3, 0.4) is 0 Å². The Balaban J connectivity index is 2.61. The van der Waals surface area contributed by atoms with Gasteiger partial charge >= 0.3 is 5.97 Å². The number of thiazole rings is 1. The van der Waals surface area contributed by atoms with Crippen molar-refractivity contribution in [3.63, 3.8) is 0 Å². The van der Waals surface area contributed by atoms with Crippen molar-refractivity contribution >= 4 is 23.2 Å². The largest absolute Gasteiger partial charge is 0.476 e. The summed E-state index contributed by atoms with van der Waals surface area (Å²) in [7, 11) is 1.78. The van der Waals surface area contributed by atoms with Crippen LogP contribution in [0.15, 0.2) is 5.38 Å². The number of amides is 1. The molecule has 6 nitrogen and oxygen atoms in total. The van der Waals surface area contributed by atoms with Gasteiger partial charge < -0.3 is 15.7 Å². The maximum atomic E-state index is 11.8. The summed E-state index contributed by atoms with van der Waals surface area (Å²) in [4.78, 5) is 26.4. The van der Waals surface area contributed by atoms with Crippen LogP contribution in [0.25, 0.3) is 0 Å². The van der Waals surface area contributed by atoms with E-state index in [1.165, 1.54) is 16.7 Å². The maximum absolute atomic E-state index is 11.8. The van der Waals surface area contributed by atoms with Gasteiger partial charge in [0.1, 0.15) is 5.01 Å². The Morgan fingerprint density at radius 1 is 1.50 bits per heavy atom. The average molecular weight is 271 g/mol. The van der Waals surface area contributed by atoms with Gasteiger partial charge in [-0.25, -0.2) is 9.78 Å². The molecule has 3 N–H and O–H groups in total. The van der Waals surface area contributed by atoms with Gasteiger partial charge in [0.15, 0.2) is 5.69 Å². The summed E-state index contributed by atoms with van der Waals surface area (Å²) in [5, 5.41) is 16.6. The lowest BCUT2D eigenvalue weighted by Crippen LogP contribution is -2.35. The highest BCUT2D eigenvalue weighted by atomic mass is 32.1. The smallest absolute Gasteiger partial charge is 0.355 e. The Labute approximate surface area is 109 Å². The number of aromatic nitrogens is 1. The van der Waals surface area contributed by atoms with E-state index in [1.807, 2.05) is 6.92 Å². The molecule has 0 bridgehead atoms. The molecule has 0 aliphatic rings. The zero-order valence-electron chi connectivity index (χ0n) is 10.6. The van der Waals surface area contributed by atoms with Crippen molar-refractivity contribution in [3.05, 3.63) is 16.1 Å². The number of carbonyl (C=O) groups excluding carboxylic acids is 1. The summed E-state index contributed by atoms with van der Waals surface area (Å²) in [6.07, 6.45) is 0. The summed E-state index contributed by atoms with van der Waals surface area (Å²) >= 11 is 1.23. The molecule has 0 radical (unpaired) electrons. The van der Waals surface area contributed by atoms with Gasteiger partial charge in [-0.3, -0.25) is 4.79 Å². The molecule has 1 heterocycles. The second-order valence-electron chi connectivity index (χ2n) is 4.07. The Hall–Kier alpha value is -1.47. The van der Waals surface area contributed by atoms with Crippen molar-refractivity contribution in [2.75, 3.05) is 13.6 Å². The molecule has 18 heavy (non-hydrogen) atoms. The fraction of sp³-hybridized carbons (Fsp3) is 0.545. The Kier molecular flexibility index (Phi) is 5.24. The van der Waals surface area contributed by atoms with E-state index in [2.05, 4.69) is 15.6 Å². The van der Waals surface area contributed by atoms with Crippen LogP contribution in [-0.4, -0.2) is 35.6 Å². The predicted octanol–water partition coefficient (Wildman–Crippen LogP) is 0.874. The average Bonchev–Trinajstić information content (AvgIpc) is 2.78. The molecule has 0 spiro atoms. The minimum Gasteiger partial charge on any atom is -0.476 e. The van der Waals surface area contributed by atoms with E-state index >= 15 is 0 Å². The third kappa shape index (κ3) is 3.78. The lowest BCUT2D eigenvalue weighted by Gasteiger charge is -2.15. The van der Waals surface area contributed by atoms with Gasteiger partial charge in [0.05, 0.1) is 6.04 Å². The molecule has 0 aromatic carbocycles. The molecule has 0 saturated heterocycles. The molecule has 7 heteroatoms. The minimum atomic E-state index is -1.06. The standard InChI is InChI=1S/C11H17N3O3S/c1-6(4-12-3)9(15)13-7(2)10-14-8(5-18-10)11(16)17/h5-7,12H,4H2,1-3H3,(H,13,15)(H,16,17). The quantitative estimate of drug-likeness (QED) is 0.714. The molecule has 0 fully saturated rings. The Morgan fingerprint density at radius 3 is 2.67 bits per heavy atom. The van der Waals surface area contributed by atoms with Crippen LogP contribution in [0.1, 0.15) is 35.4 Å². The van der Waals surface area contributed by atoms with E-state index in [0.29, 0.717) is 11.6 Å². The summed E-state index contributed by atoms with van der Waals surface area (Å²) in [5.41, 5.74) is 0.0133. The molecular formula is C11H17N3O3S. The number of carboxylic acid groups (broad SMARTS) is 1. The topological polar surface area (TPSA) is 91.3 Å². The van der Waals surface area contributed by atoms with Crippen LogP contribution in [0, 0.1) is 5.92 Å². The van der Waals surface area contributed by atoms with Crippen LogP contribution >= 0.6 is 11.3 Å². The van der Waals surface area contributed by atoms with Gasteiger partial charge in [-0.05, 0) is 14.0 Å². The van der Waals surface area contributed by atoms with Gasteiger partial charge in [0.2, 0.25) is 5.91 Å². The number of hydrogen-bond acceptors (Lipinski definition) is 5. The maximum Gasteiger partial charge on any atom is 0.355 e. The number of nitrogens with zero attached hydrogens (tertiary/aromatic N) is 1. The number of rotatable bonds is 6. The second-order valence-corrected chi connectivity index (χ2v) is 4.95. The normalized spacial score (nSPS) is 13.9. The predicted molar refractivity (Wildman–Crippen MR) is 68.7 cm³/mol. The van der Waals surface area contributed by atoms with Gasteiger partial charge in [0, 0.05) is 17.8 Å². The highest BCUT2D eigenvalue weighted by Crippen LogP contribution is 2.18. The second kappa shape index (κ2) is 6.46. The highest BCUT2D eigenvalue weighted by Gasteiger charge is 2.18. The summed E-state index contributed by atoms with van der Waals surface area (Å²) in [6, 6.07) is -0.282. The zero-order valence-corrected chi connectivity index (χ0v) is 11.4. The van der Waals surface area contributed by atoms with Crippen molar-refractivity contribution in [1.82, 2.24) is 15.6 Å². The Bertz CT molecular complexity index is 433. The van der Waals surface area contributed by atoms with Gasteiger partial charge in [-0.2, -0.15) is 0 Å². The SMILES string of the molecule is CNCC(C)C(=O)NC(C)c1nc(C(=O)O)cs1. The van der Waals surface area contributed by atoms with Crippen LogP contribution in [-0.2, 0) is 4.79 Å². The lowest BCUT2D eigenvalue weighted by molar-refractivity contribution is -0.125. The minimum absolute atomic E-state index is 0.0133. The summed E-state index contributed by atoms with van der Waals surface area (Å²) < 4.78 is 0. The molecule has 1 rings (SSSR count). The fourth-order valence-corrected chi connectivity index (χ4v) is 2.20. The van der Waals surface area contributed by atoms with E-state index in [0.717, 1.165) is 0 Å². The van der Waals surface area contributed by atoms with Crippen molar-refractivity contribution in [3.8, 4) is 0 Å². The number of carbonyl (C=O) groups is 2. The van der Waals surface area contributed by atoms with Gasteiger partial charge in [0.25, 0.3) is 0 Å². The summed E-state index contributed by atoms with van der Waals surface area (Å²) in [5.74, 6) is -1.28. The number of carboxylic acids is 1. The first kappa shape index (κ1) is 14.6. The number of aromatic carboxylic acids is 1. The monoisotopic (exact) mass is 271 g/mol. The molecule has 0 aliphatic heterocycles. The van der Waals surface area contributed by atoms with Crippen LogP contribution in [0.5, 0.6) is 0 Å². The summed E-state index contributed by atoms with van der Waals surface area (Å²) in [6.45, 7) is 4.20. The molecule has 1 amide bonds. The molecule has 100 valence electrons. The number of nitrogens with one attached hydrogen (secondary N) is 2. The first-order valence-electron chi connectivity index (χ1n) is 5.59. The van der Waals surface area contributed by atoms with E-state index in [9.17, 15) is 9.59 Å². The molecule has 2 atom stereocenters. The van der Waals surface area contributed by atoms with Crippen LogP contribution in [0.4, 0.5) is 0 Å². The molecule has 1 aromatic heterocycles. The first-order valence-corrected chi connectivity index (χ1v) is 6.47. The first-order chi connectivity index (χ1) is 8.45. The fourth-order valence-electron chi connectivity index (χ4n) is 1.40. The van der Waals surface area contributed by atoms with Crippen LogP contribution < -0.4 is 10.6 Å². The third-order valence-electron chi connectivity index (χ3n) is 2.43. The van der Waals surface area contributed by atoms with Crippen molar-refractivity contribution in [2.45, 2.75) is 19.9 Å². The van der Waals surface area contributed by atoms with E-state index in [-0.39, 0.29) is 23.6 Å². The number of hydrogen-bond donors (Lipinski definition) is 3. The molecular weight excluding hydrogens is 254 g/mol. The molecule has 2 unspecified atom stereocenters.